The summed E-state index contributed by atoms with van der Waals surface area (Å²) in [6.07, 6.45) is 6.48. The Bertz CT molecular complexity index is 230. The van der Waals surface area contributed by atoms with E-state index in [0.29, 0.717) is 12.1 Å². The Morgan fingerprint density at radius 2 is 2.00 bits per heavy atom. The smallest absolute Gasteiger partial charge is 0.0593 e. The first-order valence-electron chi connectivity index (χ1n) is 7.20. The molecule has 2 N–H and O–H groups in total. The van der Waals surface area contributed by atoms with Crippen LogP contribution >= 0.6 is 0 Å². The van der Waals surface area contributed by atoms with Gasteiger partial charge in [0, 0.05) is 25.2 Å². The lowest BCUT2D eigenvalue weighted by Gasteiger charge is -2.38. The predicted octanol–water partition coefficient (Wildman–Crippen LogP) is 1.86. The lowest BCUT2D eigenvalue weighted by Crippen LogP contribution is -2.50. The molecule has 0 saturated heterocycles. The Morgan fingerprint density at radius 3 is 2.71 bits per heavy atom. The zero-order chi connectivity index (χ0) is 12.3. The van der Waals surface area contributed by atoms with E-state index < -0.39 is 0 Å². The third-order valence-corrected chi connectivity index (χ3v) is 4.34. The van der Waals surface area contributed by atoms with Crippen molar-refractivity contribution in [3.63, 3.8) is 0 Å². The monoisotopic (exact) mass is 240 g/mol. The summed E-state index contributed by atoms with van der Waals surface area (Å²) < 4.78 is 5.70. The number of nitrogens with two attached hydrogens (primary N) is 1. The van der Waals surface area contributed by atoms with Gasteiger partial charge in [0.25, 0.3) is 0 Å². The molecule has 0 aromatic rings. The van der Waals surface area contributed by atoms with Crippen LogP contribution in [0.5, 0.6) is 0 Å². The quantitative estimate of drug-likeness (QED) is 0.720. The second kappa shape index (κ2) is 6.17. The van der Waals surface area contributed by atoms with Gasteiger partial charge in [0.05, 0.1) is 6.61 Å². The molecule has 0 radical (unpaired) electrons. The first kappa shape index (κ1) is 13.3. The average Bonchev–Trinajstić information content (AvgIpc) is 3.11. The molecule has 0 spiro atoms. The predicted molar refractivity (Wildman–Crippen MR) is 71.0 cm³/mol. The van der Waals surface area contributed by atoms with Crippen LogP contribution in [0, 0.1) is 11.8 Å². The van der Waals surface area contributed by atoms with Crippen LogP contribution in [0.3, 0.4) is 0 Å². The molecule has 2 saturated carbocycles. The second-order valence-electron chi connectivity index (χ2n) is 6.15. The molecule has 3 heteroatoms. The number of likely N-dealkylation sites (N-methyl/N-ethyl adjacent to an activating group) is 1. The maximum absolute atomic E-state index is 6.22. The molecule has 3 unspecified atom stereocenters. The van der Waals surface area contributed by atoms with Crippen molar-refractivity contribution in [2.75, 3.05) is 26.8 Å². The van der Waals surface area contributed by atoms with Gasteiger partial charge in [0.1, 0.15) is 0 Å². The molecular formula is C14H28N2O. The summed E-state index contributed by atoms with van der Waals surface area (Å²) in [7, 11) is 2.20. The Labute approximate surface area is 106 Å². The van der Waals surface area contributed by atoms with E-state index in [1.54, 1.807) is 0 Å². The fourth-order valence-corrected chi connectivity index (χ4v) is 2.79. The van der Waals surface area contributed by atoms with E-state index in [9.17, 15) is 0 Å². The summed E-state index contributed by atoms with van der Waals surface area (Å²) in [4.78, 5) is 2.41. The number of hydrogen-bond donors (Lipinski definition) is 1. The van der Waals surface area contributed by atoms with Crippen LogP contribution in [0.25, 0.3) is 0 Å². The van der Waals surface area contributed by atoms with Crippen molar-refractivity contribution in [2.45, 2.75) is 51.1 Å². The Morgan fingerprint density at radius 1 is 1.24 bits per heavy atom. The highest BCUT2D eigenvalue weighted by Crippen LogP contribution is 2.29. The van der Waals surface area contributed by atoms with Gasteiger partial charge in [-0.1, -0.05) is 6.92 Å². The molecule has 2 fully saturated rings. The molecule has 100 valence electrons. The van der Waals surface area contributed by atoms with E-state index >= 15 is 0 Å². The lowest BCUT2D eigenvalue weighted by molar-refractivity contribution is 0.0724. The van der Waals surface area contributed by atoms with Crippen LogP contribution < -0.4 is 5.73 Å². The standard InChI is InChI=1S/C14H28N2O/c1-11-3-6-13(15)14(9-11)16(2)7-8-17-10-12-4-5-12/h11-14H,3-10,15H2,1-2H3. The largest absolute Gasteiger partial charge is 0.380 e. The molecule has 0 amide bonds. The van der Waals surface area contributed by atoms with Gasteiger partial charge in [0.15, 0.2) is 0 Å². The minimum absolute atomic E-state index is 0.361. The van der Waals surface area contributed by atoms with Crippen LogP contribution in [-0.4, -0.2) is 43.8 Å². The highest BCUT2D eigenvalue weighted by atomic mass is 16.5. The molecule has 0 bridgehead atoms. The zero-order valence-corrected chi connectivity index (χ0v) is 11.4. The third-order valence-electron chi connectivity index (χ3n) is 4.34. The first-order chi connectivity index (χ1) is 8.16. The van der Waals surface area contributed by atoms with E-state index in [-0.39, 0.29) is 0 Å². The summed E-state index contributed by atoms with van der Waals surface area (Å²) in [5.74, 6) is 1.70. The fraction of sp³-hybridized carbons (Fsp3) is 1.00. The van der Waals surface area contributed by atoms with Crippen LogP contribution in [-0.2, 0) is 4.74 Å². The van der Waals surface area contributed by atoms with Crippen LogP contribution in [0.2, 0.25) is 0 Å². The molecule has 0 aromatic heterocycles. The second-order valence-corrected chi connectivity index (χ2v) is 6.15. The van der Waals surface area contributed by atoms with E-state index in [1.807, 2.05) is 0 Å². The molecule has 0 aliphatic heterocycles. The zero-order valence-electron chi connectivity index (χ0n) is 11.4. The van der Waals surface area contributed by atoms with Crippen molar-refractivity contribution < 1.29 is 4.74 Å². The maximum atomic E-state index is 6.22. The minimum Gasteiger partial charge on any atom is -0.380 e. The third kappa shape index (κ3) is 4.23. The molecule has 2 aliphatic carbocycles. The number of rotatable bonds is 6. The highest BCUT2D eigenvalue weighted by molar-refractivity contribution is 4.87. The van der Waals surface area contributed by atoms with E-state index in [4.69, 9.17) is 10.5 Å². The molecule has 17 heavy (non-hydrogen) atoms. The van der Waals surface area contributed by atoms with Gasteiger partial charge in [-0.15, -0.1) is 0 Å². The van der Waals surface area contributed by atoms with Crippen molar-refractivity contribution in [1.82, 2.24) is 4.90 Å². The van der Waals surface area contributed by atoms with Gasteiger partial charge in [0.2, 0.25) is 0 Å². The molecule has 0 aromatic carbocycles. The number of hydrogen-bond acceptors (Lipinski definition) is 3. The minimum atomic E-state index is 0.361. The van der Waals surface area contributed by atoms with E-state index in [2.05, 4.69) is 18.9 Å². The molecule has 3 atom stereocenters. The maximum Gasteiger partial charge on any atom is 0.0593 e. The Kier molecular flexibility index (Phi) is 4.83. The van der Waals surface area contributed by atoms with Crippen molar-refractivity contribution in [2.24, 2.45) is 17.6 Å². The van der Waals surface area contributed by atoms with Gasteiger partial charge in [-0.25, -0.2) is 0 Å². The van der Waals surface area contributed by atoms with E-state index in [0.717, 1.165) is 31.6 Å². The molecule has 3 nitrogen and oxygen atoms in total. The highest BCUT2D eigenvalue weighted by Gasteiger charge is 2.28. The van der Waals surface area contributed by atoms with Gasteiger partial charge in [-0.05, 0) is 51.0 Å². The van der Waals surface area contributed by atoms with Gasteiger partial charge >= 0.3 is 0 Å². The fourth-order valence-electron chi connectivity index (χ4n) is 2.79. The summed E-state index contributed by atoms with van der Waals surface area (Å²) >= 11 is 0. The summed E-state index contributed by atoms with van der Waals surface area (Å²) in [6.45, 7) is 5.21. The van der Waals surface area contributed by atoms with Crippen molar-refractivity contribution >= 4 is 0 Å². The molecule has 0 heterocycles. The van der Waals surface area contributed by atoms with Crippen molar-refractivity contribution in [3.05, 3.63) is 0 Å². The van der Waals surface area contributed by atoms with Gasteiger partial charge in [-0.2, -0.15) is 0 Å². The van der Waals surface area contributed by atoms with Crippen LogP contribution in [0.4, 0.5) is 0 Å². The van der Waals surface area contributed by atoms with Crippen LogP contribution in [0.1, 0.15) is 39.0 Å². The number of ether oxygens (including phenoxy) is 1. The molecule has 2 aliphatic rings. The summed E-state index contributed by atoms with van der Waals surface area (Å²) in [5.41, 5.74) is 6.22. The number of nitrogens with zero attached hydrogens (tertiary/aromatic N) is 1. The van der Waals surface area contributed by atoms with Gasteiger partial charge in [-0.3, -0.25) is 4.90 Å². The first-order valence-corrected chi connectivity index (χ1v) is 7.20. The summed E-state index contributed by atoms with van der Waals surface area (Å²) in [5, 5.41) is 0. The normalized spacial score (nSPS) is 34.2. The molecule has 2 rings (SSSR count). The van der Waals surface area contributed by atoms with Crippen LogP contribution in [0.15, 0.2) is 0 Å². The van der Waals surface area contributed by atoms with Crippen molar-refractivity contribution in [1.29, 1.82) is 0 Å². The average molecular weight is 240 g/mol. The molecular weight excluding hydrogens is 212 g/mol. The Balaban J connectivity index is 1.64. The SMILES string of the molecule is CC1CCC(N)C(N(C)CCOCC2CC2)C1. The lowest BCUT2D eigenvalue weighted by atomic mass is 9.83. The topological polar surface area (TPSA) is 38.5 Å². The summed E-state index contributed by atoms with van der Waals surface area (Å²) in [6, 6.07) is 0.919. The van der Waals surface area contributed by atoms with E-state index in [1.165, 1.54) is 32.1 Å². The Hall–Kier alpha value is -0.120. The van der Waals surface area contributed by atoms with Crippen molar-refractivity contribution in [3.8, 4) is 0 Å². The van der Waals surface area contributed by atoms with Gasteiger partial charge < -0.3 is 10.5 Å².